The summed E-state index contributed by atoms with van der Waals surface area (Å²) in [7, 11) is -3.60. The van der Waals surface area contributed by atoms with Gasteiger partial charge in [-0.15, -0.1) is 0 Å². The van der Waals surface area contributed by atoms with Crippen molar-refractivity contribution in [1.82, 2.24) is 8.87 Å². The van der Waals surface area contributed by atoms with E-state index in [1.54, 1.807) is 16.4 Å². The smallest absolute Gasteiger partial charge is 0.323 e. The van der Waals surface area contributed by atoms with Crippen molar-refractivity contribution < 1.29 is 23.2 Å². The predicted octanol–water partition coefficient (Wildman–Crippen LogP) is 3.97. The Kier molecular flexibility index (Phi) is 7.11. The summed E-state index contributed by atoms with van der Waals surface area (Å²) in [6, 6.07) is 7.15. The van der Waals surface area contributed by atoms with Crippen molar-refractivity contribution in [3.05, 3.63) is 52.3 Å². The summed E-state index contributed by atoms with van der Waals surface area (Å²) in [6.07, 6.45) is 3.51. The fourth-order valence-electron chi connectivity index (χ4n) is 5.38. The summed E-state index contributed by atoms with van der Waals surface area (Å²) in [4.78, 5) is 17.5. The van der Waals surface area contributed by atoms with Gasteiger partial charge in [0.1, 0.15) is 13.2 Å². The van der Waals surface area contributed by atoms with Crippen LogP contribution in [-0.4, -0.2) is 53.8 Å². The van der Waals surface area contributed by atoms with E-state index in [2.05, 4.69) is 19.0 Å². The third-order valence-corrected chi connectivity index (χ3v) is 8.96. The Labute approximate surface area is 207 Å². The van der Waals surface area contributed by atoms with Crippen molar-refractivity contribution in [3.8, 4) is 0 Å². The first-order valence-electron chi connectivity index (χ1n) is 12.2. The second kappa shape index (κ2) is 9.78. The van der Waals surface area contributed by atoms with Crippen LogP contribution in [0.1, 0.15) is 68.1 Å². The Balaban J connectivity index is 1.87. The van der Waals surface area contributed by atoms with Crippen LogP contribution in [0.15, 0.2) is 34.3 Å². The van der Waals surface area contributed by atoms with Gasteiger partial charge in [-0.1, -0.05) is 37.2 Å². The maximum atomic E-state index is 13.5. The normalized spacial score (nSPS) is 19.1. The molecule has 0 amide bonds. The Morgan fingerprint density at radius 1 is 1.17 bits per heavy atom. The molecule has 2 aromatic rings. The topological polar surface area (TPSA) is 101 Å². The van der Waals surface area contributed by atoms with Crippen molar-refractivity contribution in [1.29, 1.82) is 0 Å². The van der Waals surface area contributed by atoms with E-state index in [-0.39, 0.29) is 12.0 Å². The van der Waals surface area contributed by atoms with Crippen molar-refractivity contribution in [2.45, 2.75) is 71.2 Å². The number of nitrogens with zero attached hydrogens (tertiary/aromatic N) is 3. The average molecular weight is 502 g/mol. The fourth-order valence-corrected chi connectivity index (χ4v) is 7.12. The monoisotopic (exact) mass is 501 g/mol. The van der Waals surface area contributed by atoms with E-state index in [1.807, 2.05) is 30.5 Å². The molecule has 4 rings (SSSR count). The van der Waals surface area contributed by atoms with Gasteiger partial charge in [0.25, 0.3) is 0 Å². The zero-order chi connectivity index (χ0) is 25.4. The molecular weight excluding hydrogens is 466 g/mol. The van der Waals surface area contributed by atoms with E-state index in [0.29, 0.717) is 49.4 Å². The van der Waals surface area contributed by atoms with Gasteiger partial charge in [0.2, 0.25) is 10.0 Å². The van der Waals surface area contributed by atoms with Crippen molar-refractivity contribution in [3.63, 3.8) is 0 Å². The first-order valence-corrected chi connectivity index (χ1v) is 13.7. The highest BCUT2D eigenvalue weighted by Crippen LogP contribution is 2.40. The third kappa shape index (κ3) is 5.02. The molecule has 0 spiro atoms. The van der Waals surface area contributed by atoms with Gasteiger partial charge in [-0.3, -0.25) is 4.79 Å². The van der Waals surface area contributed by atoms with Gasteiger partial charge in [0.15, 0.2) is 0 Å². The molecule has 0 bridgehead atoms. The number of carboxylic acids is 1. The number of carbonyl (C=O) groups is 1. The molecule has 1 aliphatic carbocycles. The van der Waals surface area contributed by atoms with Crippen LogP contribution in [0.3, 0.4) is 0 Å². The van der Waals surface area contributed by atoms with E-state index in [9.17, 15) is 18.3 Å². The fraction of sp³-hybridized carbons (Fsp3) is 0.538. The molecule has 190 valence electrons. The van der Waals surface area contributed by atoms with Crippen LogP contribution >= 0.6 is 0 Å². The van der Waals surface area contributed by atoms with E-state index >= 15 is 0 Å². The molecule has 9 heteroatoms. The number of hydrogen-bond donors (Lipinski definition) is 1. The molecule has 8 nitrogen and oxygen atoms in total. The average Bonchev–Trinajstić information content (AvgIpc) is 3.41. The van der Waals surface area contributed by atoms with Gasteiger partial charge in [-0.2, -0.15) is 4.31 Å². The third-order valence-electron chi connectivity index (χ3n) is 6.96. The highest BCUT2D eigenvalue weighted by Gasteiger charge is 2.37. The van der Waals surface area contributed by atoms with Crippen LogP contribution in [0.2, 0.25) is 0 Å². The number of carboxylic acid groups (broad SMARTS) is 1. The standard InChI is InChI=1S/C26H35N3O5S/c1-5-34-27-21-15-26(3,4)16-22-25(21)20(18(2)29(22)17-24(30)31)14-19-10-6-7-11-23(19)35(32,33)28-12-8-9-13-28/h6-7,10-11H,5,8-9,12-17H2,1-4H3,(H,30,31)/b27-21+. The molecule has 2 aliphatic rings. The Bertz CT molecular complexity index is 1250. The van der Waals surface area contributed by atoms with Gasteiger partial charge < -0.3 is 14.5 Å². The number of aromatic nitrogens is 1. The lowest BCUT2D eigenvalue weighted by molar-refractivity contribution is -0.137. The Hall–Kier alpha value is -2.65. The molecule has 35 heavy (non-hydrogen) atoms. The summed E-state index contributed by atoms with van der Waals surface area (Å²) in [6.45, 7) is 9.44. The summed E-state index contributed by atoms with van der Waals surface area (Å²) in [5.41, 5.74) is 4.96. The molecule has 1 N–H and O–H groups in total. The van der Waals surface area contributed by atoms with Crippen molar-refractivity contribution in [2.75, 3.05) is 19.7 Å². The van der Waals surface area contributed by atoms with E-state index < -0.39 is 16.0 Å². The zero-order valence-corrected chi connectivity index (χ0v) is 21.8. The molecule has 1 aliphatic heterocycles. The van der Waals surface area contributed by atoms with Crippen molar-refractivity contribution >= 4 is 21.7 Å². The maximum Gasteiger partial charge on any atom is 0.323 e. The van der Waals surface area contributed by atoms with Crippen LogP contribution in [0.25, 0.3) is 0 Å². The summed E-state index contributed by atoms with van der Waals surface area (Å²) >= 11 is 0. The quantitative estimate of drug-likeness (QED) is 0.552. The van der Waals surface area contributed by atoms with Crippen LogP contribution in [0, 0.1) is 12.3 Å². The number of rotatable bonds is 8. The van der Waals surface area contributed by atoms with Crippen LogP contribution in [0.4, 0.5) is 0 Å². The number of hydrogen-bond acceptors (Lipinski definition) is 5. The number of fused-ring (bicyclic) bond motifs is 1. The number of benzene rings is 1. The molecule has 0 saturated carbocycles. The molecule has 1 aromatic heterocycles. The molecular formula is C26H35N3O5S. The molecule has 1 fully saturated rings. The number of oxime groups is 1. The predicted molar refractivity (Wildman–Crippen MR) is 134 cm³/mol. The summed E-state index contributed by atoms with van der Waals surface area (Å²) < 4.78 is 30.3. The second-order valence-electron chi connectivity index (χ2n) is 10.2. The minimum Gasteiger partial charge on any atom is -0.480 e. The van der Waals surface area contributed by atoms with E-state index in [1.165, 1.54) is 0 Å². The SMILES string of the molecule is CCO/N=C1\CC(C)(C)Cc2c1c(Cc1ccccc1S(=O)(=O)N1CCCC1)c(C)n2CC(=O)O. The van der Waals surface area contributed by atoms with Gasteiger partial charge in [-0.05, 0) is 62.1 Å². The van der Waals surface area contributed by atoms with E-state index in [4.69, 9.17) is 4.84 Å². The largest absolute Gasteiger partial charge is 0.480 e. The van der Waals surface area contributed by atoms with Crippen molar-refractivity contribution in [2.24, 2.45) is 10.6 Å². The maximum absolute atomic E-state index is 13.5. The van der Waals surface area contributed by atoms with Crippen LogP contribution < -0.4 is 0 Å². The molecule has 2 heterocycles. The lowest BCUT2D eigenvalue weighted by atomic mass is 9.74. The molecule has 0 unspecified atom stereocenters. The molecule has 0 radical (unpaired) electrons. The summed E-state index contributed by atoms with van der Waals surface area (Å²) in [5, 5.41) is 14.1. The van der Waals surface area contributed by atoms with Gasteiger partial charge >= 0.3 is 5.97 Å². The van der Waals surface area contributed by atoms with Crippen LogP contribution in [0.5, 0.6) is 0 Å². The number of aliphatic carboxylic acids is 1. The highest BCUT2D eigenvalue weighted by molar-refractivity contribution is 7.89. The highest BCUT2D eigenvalue weighted by atomic mass is 32.2. The van der Waals surface area contributed by atoms with E-state index in [0.717, 1.165) is 41.1 Å². The first-order chi connectivity index (χ1) is 16.5. The molecule has 0 atom stereocenters. The molecule has 1 aromatic carbocycles. The minimum atomic E-state index is -3.60. The minimum absolute atomic E-state index is 0.113. The lowest BCUT2D eigenvalue weighted by Crippen LogP contribution is -2.30. The number of sulfonamides is 1. The van der Waals surface area contributed by atoms with Gasteiger partial charge in [-0.25, -0.2) is 8.42 Å². The lowest BCUT2D eigenvalue weighted by Gasteiger charge is -2.31. The summed E-state index contributed by atoms with van der Waals surface area (Å²) in [5.74, 6) is -0.916. The van der Waals surface area contributed by atoms with Crippen LogP contribution in [-0.2, 0) is 39.0 Å². The zero-order valence-electron chi connectivity index (χ0n) is 21.0. The molecule has 1 saturated heterocycles. The Morgan fingerprint density at radius 2 is 1.86 bits per heavy atom. The first kappa shape index (κ1) is 25.4. The van der Waals surface area contributed by atoms with Gasteiger partial charge in [0, 0.05) is 36.5 Å². The second-order valence-corrected chi connectivity index (χ2v) is 12.1. The van der Waals surface area contributed by atoms with Gasteiger partial charge in [0.05, 0.1) is 10.6 Å². The Morgan fingerprint density at radius 3 is 2.51 bits per heavy atom.